The summed E-state index contributed by atoms with van der Waals surface area (Å²) in [7, 11) is 0.710. The Kier molecular flexibility index (Phi) is 6.74. The second-order valence-corrected chi connectivity index (χ2v) is 5.43. The lowest BCUT2D eigenvalue weighted by Crippen LogP contribution is -2.09. The second-order valence-electron chi connectivity index (χ2n) is 3.73. The van der Waals surface area contributed by atoms with Gasteiger partial charge in [0.25, 0.3) is 0 Å². The SMILES string of the molecule is COCCCS(=O)CCC(=O)c1ccccc1. The molecular formula is C13H18O3S. The highest BCUT2D eigenvalue weighted by Crippen LogP contribution is 2.04. The van der Waals surface area contributed by atoms with Crippen LogP contribution in [0.4, 0.5) is 0 Å². The van der Waals surface area contributed by atoms with Crippen LogP contribution in [-0.4, -0.2) is 35.2 Å². The Morgan fingerprint density at radius 3 is 2.59 bits per heavy atom. The number of carbonyl (C=O) groups is 1. The fraction of sp³-hybridized carbons (Fsp3) is 0.462. The van der Waals surface area contributed by atoms with E-state index in [0.717, 1.165) is 6.42 Å². The van der Waals surface area contributed by atoms with Crippen LogP contribution in [0, 0.1) is 0 Å². The lowest BCUT2D eigenvalue weighted by atomic mass is 10.1. The van der Waals surface area contributed by atoms with E-state index in [9.17, 15) is 9.00 Å². The molecular weight excluding hydrogens is 236 g/mol. The van der Waals surface area contributed by atoms with Crippen LogP contribution in [0.5, 0.6) is 0 Å². The molecule has 1 rings (SSSR count). The largest absolute Gasteiger partial charge is 0.385 e. The minimum atomic E-state index is -0.917. The summed E-state index contributed by atoms with van der Waals surface area (Å²) >= 11 is 0. The van der Waals surface area contributed by atoms with Gasteiger partial charge in [0.15, 0.2) is 5.78 Å². The zero-order chi connectivity index (χ0) is 12.5. The van der Waals surface area contributed by atoms with Crippen LogP contribution in [-0.2, 0) is 15.5 Å². The maximum Gasteiger partial charge on any atom is 0.163 e. The van der Waals surface area contributed by atoms with Gasteiger partial charge in [-0.25, -0.2) is 0 Å². The van der Waals surface area contributed by atoms with E-state index in [0.29, 0.717) is 30.1 Å². The third-order valence-electron chi connectivity index (χ3n) is 2.37. The molecule has 0 spiro atoms. The lowest BCUT2D eigenvalue weighted by Gasteiger charge is -2.02. The third kappa shape index (κ3) is 5.75. The molecule has 4 heteroatoms. The monoisotopic (exact) mass is 254 g/mol. The normalized spacial score (nSPS) is 12.3. The third-order valence-corrected chi connectivity index (χ3v) is 3.78. The molecule has 0 saturated heterocycles. The van der Waals surface area contributed by atoms with Gasteiger partial charge in [-0.15, -0.1) is 0 Å². The Balaban J connectivity index is 2.26. The standard InChI is InChI=1S/C13H18O3S/c1-16-9-5-10-17(15)11-8-13(14)12-6-3-2-4-7-12/h2-4,6-7H,5,8-11H2,1H3. The van der Waals surface area contributed by atoms with Gasteiger partial charge in [-0.05, 0) is 6.42 Å². The van der Waals surface area contributed by atoms with Crippen molar-refractivity contribution in [3.8, 4) is 0 Å². The fourth-order valence-corrected chi connectivity index (χ4v) is 2.50. The number of ketones is 1. The summed E-state index contributed by atoms with van der Waals surface area (Å²) in [5.41, 5.74) is 0.696. The van der Waals surface area contributed by atoms with Crippen LogP contribution in [0.1, 0.15) is 23.2 Å². The van der Waals surface area contributed by atoms with Gasteiger partial charge in [0.2, 0.25) is 0 Å². The first-order valence-electron chi connectivity index (χ1n) is 5.66. The molecule has 0 aliphatic rings. The van der Waals surface area contributed by atoms with Crippen molar-refractivity contribution in [1.29, 1.82) is 0 Å². The second kappa shape index (κ2) is 8.14. The number of benzene rings is 1. The molecule has 94 valence electrons. The molecule has 0 aliphatic heterocycles. The van der Waals surface area contributed by atoms with Crippen LogP contribution in [0.25, 0.3) is 0 Å². The molecule has 0 saturated carbocycles. The maximum atomic E-state index is 11.7. The number of Topliss-reactive ketones (excluding diaryl/α,β-unsaturated/α-hetero) is 1. The van der Waals surface area contributed by atoms with E-state index in [4.69, 9.17) is 4.74 Å². The molecule has 0 amide bonds. The minimum absolute atomic E-state index is 0.0608. The van der Waals surface area contributed by atoms with Crippen LogP contribution < -0.4 is 0 Å². The molecule has 0 N–H and O–H groups in total. The Bertz CT molecular complexity index is 362. The number of carbonyl (C=O) groups excluding carboxylic acids is 1. The van der Waals surface area contributed by atoms with E-state index >= 15 is 0 Å². The number of rotatable bonds is 8. The van der Waals surface area contributed by atoms with Gasteiger partial charge in [-0.1, -0.05) is 30.3 Å². The van der Waals surface area contributed by atoms with Gasteiger partial charge in [0, 0.05) is 48.0 Å². The fourth-order valence-electron chi connectivity index (χ4n) is 1.44. The lowest BCUT2D eigenvalue weighted by molar-refractivity contribution is 0.0989. The Morgan fingerprint density at radius 1 is 1.24 bits per heavy atom. The smallest absolute Gasteiger partial charge is 0.163 e. The molecule has 1 unspecified atom stereocenters. The van der Waals surface area contributed by atoms with E-state index in [1.165, 1.54) is 0 Å². The van der Waals surface area contributed by atoms with Gasteiger partial charge < -0.3 is 4.74 Å². The highest BCUT2D eigenvalue weighted by Gasteiger charge is 2.07. The van der Waals surface area contributed by atoms with E-state index < -0.39 is 10.8 Å². The molecule has 0 fully saturated rings. The zero-order valence-electron chi connectivity index (χ0n) is 10.1. The van der Waals surface area contributed by atoms with Crippen LogP contribution in [0.2, 0.25) is 0 Å². The van der Waals surface area contributed by atoms with Gasteiger partial charge in [0.05, 0.1) is 0 Å². The van der Waals surface area contributed by atoms with Crippen LogP contribution in [0.15, 0.2) is 30.3 Å². The molecule has 0 bridgehead atoms. The van der Waals surface area contributed by atoms with E-state index in [2.05, 4.69) is 0 Å². The number of hydrogen-bond donors (Lipinski definition) is 0. The highest BCUT2D eigenvalue weighted by atomic mass is 32.2. The van der Waals surface area contributed by atoms with Crippen molar-refractivity contribution in [2.24, 2.45) is 0 Å². The maximum absolute atomic E-state index is 11.7. The molecule has 1 aromatic carbocycles. The highest BCUT2D eigenvalue weighted by molar-refractivity contribution is 7.84. The van der Waals surface area contributed by atoms with Gasteiger partial charge in [-0.2, -0.15) is 0 Å². The van der Waals surface area contributed by atoms with Crippen molar-refractivity contribution in [1.82, 2.24) is 0 Å². The Labute approximate surface area is 105 Å². The van der Waals surface area contributed by atoms with Crippen LogP contribution in [0.3, 0.4) is 0 Å². The molecule has 1 aromatic rings. The predicted octanol–water partition coefficient (Wildman–Crippen LogP) is 2.04. The molecule has 0 heterocycles. The molecule has 1 atom stereocenters. The van der Waals surface area contributed by atoms with Crippen molar-refractivity contribution in [2.45, 2.75) is 12.8 Å². The van der Waals surface area contributed by atoms with Gasteiger partial charge in [0.1, 0.15) is 0 Å². The van der Waals surface area contributed by atoms with Crippen molar-refractivity contribution < 1.29 is 13.7 Å². The first-order chi connectivity index (χ1) is 8.24. The Morgan fingerprint density at radius 2 is 1.94 bits per heavy atom. The molecule has 17 heavy (non-hydrogen) atoms. The van der Waals surface area contributed by atoms with Crippen molar-refractivity contribution >= 4 is 16.6 Å². The summed E-state index contributed by atoms with van der Waals surface area (Å²) in [5.74, 6) is 1.11. The topological polar surface area (TPSA) is 43.4 Å². The molecule has 0 aromatic heterocycles. The first-order valence-corrected chi connectivity index (χ1v) is 7.15. The van der Waals surface area contributed by atoms with Crippen molar-refractivity contribution in [3.63, 3.8) is 0 Å². The van der Waals surface area contributed by atoms with E-state index in [-0.39, 0.29) is 5.78 Å². The Hall–Kier alpha value is -1.00. The molecule has 0 aliphatic carbocycles. The number of ether oxygens (including phenoxy) is 1. The minimum Gasteiger partial charge on any atom is -0.385 e. The van der Waals surface area contributed by atoms with E-state index in [1.54, 1.807) is 19.2 Å². The molecule has 3 nitrogen and oxygen atoms in total. The number of hydrogen-bond acceptors (Lipinski definition) is 3. The summed E-state index contributed by atoms with van der Waals surface area (Å²) in [6.45, 7) is 0.623. The van der Waals surface area contributed by atoms with Crippen molar-refractivity contribution in [2.75, 3.05) is 25.2 Å². The van der Waals surface area contributed by atoms with Gasteiger partial charge in [-0.3, -0.25) is 9.00 Å². The summed E-state index contributed by atoms with van der Waals surface area (Å²) in [4.78, 5) is 11.7. The van der Waals surface area contributed by atoms with Gasteiger partial charge >= 0.3 is 0 Å². The average Bonchev–Trinajstić information content (AvgIpc) is 2.37. The summed E-state index contributed by atoms with van der Waals surface area (Å²) in [6, 6.07) is 9.12. The quantitative estimate of drug-likeness (QED) is 0.527. The van der Waals surface area contributed by atoms with E-state index in [1.807, 2.05) is 18.2 Å². The predicted molar refractivity (Wildman–Crippen MR) is 69.8 cm³/mol. The average molecular weight is 254 g/mol. The summed E-state index contributed by atoms with van der Waals surface area (Å²) < 4.78 is 16.4. The zero-order valence-corrected chi connectivity index (χ0v) is 10.9. The summed E-state index contributed by atoms with van der Waals surface area (Å²) in [6.07, 6.45) is 1.13. The summed E-state index contributed by atoms with van der Waals surface area (Å²) in [5, 5.41) is 0. The van der Waals surface area contributed by atoms with Crippen LogP contribution >= 0.6 is 0 Å². The van der Waals surface area contributed by atoms with Crippen molar-refractivity contribution in [3.05, 3.63) is 35.9 Å². The first kappa shape index (κ1) is 14.1. The molecule has 0 radical (unpaired) electrons. The number of methoxy groups -OCH3 is 1.